The van der Waals surface area contributed by atoms with Crippen LogP contribution in [0.15, 0.2) is 12.1 Å². The fourth-order valence-corrected chi connectivity index (χ4v) is 1.34. The summed E-state index contributed by atoms with van der Waals surface area (Å²) in [6.45, 7) is 1.60. The van der Waals surface area contributed by atoms with Gasteiger partial charge in [-0.05, 0) is 19.1 Å². The van der Waals surface area contributed by atoms with E-state index in [4.69, 9.17) is 5.11 Å². The Bertz CT molecular complexity index is 328. The summed E-state index contributed by atoms with van der Waals surface area (Å²) in [5.41, 5.74) is 0. The number of aliphatic hydroxyl groups excluding tert-OH is 1. The molecule has 0 spiro atoms. The van der Waals surface area contributed by atoms with Gasteiger partial charge in [-0.3, -0.25) is 4.79 Å². The molecule has 3 heteroatoms. The molecule has 0 aliphatic rings. The normalized spacial score (nSPS) is 11.5. The van der Waals surface area contributed by atoms with Crippen molar-refractivity contribution in [1.29, 1.82) is 0 Å². The van der Waals surface area contributed by atoms with Crippen LogP contribution < -0.4 is 0 Å². The van der Waals surface area contributed by atoms with E-state index in [0.717, 1.165) is 11.2 Å². The number of aliphatic hydroxyl groups is 1. The summed E-state index contributed by atoms with van der Waals surface area (Å²) in [4.78, 5) is 11.7. The Morgan fingerprint density at radius 3 is 2.92 bits per heavy atom. The Hall–Kier alpha value is -1.11. The fourth-order valence-electron chi connectivity index (χ4n) is 0.659. The highest BCUT2D eigenvalue weighted by Crippen LogP contribution is 2.12. The highest BCUT2D eigenvalue weighted by Gasteiger charge is 1.94. The molecule has 0 radical (unpaired) electrons. The minimum absolute atomic E-state index is 0.619. The van der Waals surface area contributed by atoms with Gasteiger partial charge in [-0.25, -0.2) is 0 Å². The molecule has 0 fully saturated rings. The van der Waals surface area contributed by atoms with Crippen molar-refractivity contribution in [3.8, 4) is 11.8 Å². The third kappa shape index (κ3) is 2.50. The molecule has 1 unspecified atom stereocenters. The highest BCUT2D eigenvalue weighted by molar-refractivity contribution is 7.14. The Morgan fingerprint density at radius 1 is 1.67 bits per heavy atom. The highest BCUT2D eigenvalue weighted by atomic mass is 32.1. The average Bonchev–Trinajstić information content (AvgIpc) is 2.48. The maximum Gasteiger partial charge on any atom is 0.160 e. The van der Waals surface area contributed by atoms with Crippen molar-refractivity contribution in [2.24, 2.45) is 0 Å². The van der Waals surface area contributed by atoms with Crippen LogP contribution in [0.3, 0.4) is 0 Å². The second kappa shape index (κ2) is 4.05. The van der Waals surface area contributed by atoms with Crippen molar-refractivity contribution in [3.63, 3.8) is 0 Å². The molecule has 0 saturated carbocycles. The van der Waals surface area contributed by atoms with Crippen LogP contribution in [-0.4, -0.2) is 17.5 Å². The molecule has 1 N–H and O–H groups in total. The molecule has 0 aliphatic heterocycles. The number of hydrogen-bond donors (Lipinski definition) is 1. The van der Waals surface area contributed by atoms with Crippen LogP contribution in [0.2, 0.25) is 0 Å². The Balaban J connectivity index is 2.78. The first kappa shape index (κ1) is 8.98. The SMILES string of the molecule is CC(O)C#Cc1ccc(C=O)s1. The molecule has 1 aromatic heterocycles. The van der Waals surface area contributed by atoms with Crippen LogP contribution in [0, 0.1) is 11.8 Å². The van der Waals surface area contributed by atoms with E-state index in [2.05, 4.69) is 11.8 Å². The molecule has 12 heavy (non-hydrogen) atoms. The van der Waals surface area contributed by atoms with Crippen LogP contribution in [0.4, 0.5) is 0 Å². The van der Waals surface area contributed by atoms with Gasteiger partial charge in [0.25, 0.3) is 0 Å². The predicted octanol–water partition coefficient (Wildman–Crippen LogP) is 1.29. The first-order chi connectivity index (χ1) is 5.72. The molecule has 0 aromatic carbocycles. The van der Waals surface area contributed by atoms with Gasteiger partial charge in [0, 0.05) is 0 Å². The number of carbonyl (C=O) groups excluding carboxylic acids is 1. The number of rotatable bonds is 1. The molecule has 0 saturated heterocycles. The summed E-state index contributed by atoms with van der Waals surface area (Å²) in [7, 11) is 0. The van der Waals surface area contributed by atoms with Gasteiger partial charge in [-0.1, -0.05) is 11.8 Å². The standard InChI is InChI=1S/C9H8O2S/c1-7(11)2-3-8-4-5-9(6-10)12-8/h4-7,11H,1H3. The molecule has 0 bridgehead atoms. The zero-order valence-electron chi connectivity index (χ0n) is 6.57. The molecule has 1 atom stereocenters. The van der Waals surface area contributed by atoms with E-state index in [1.807, 2.05) is 0 Å². The number of hydrogen-bond acceptors (Lipinski definition) is 3. The predicted molar refractivity (Wildman–Crippen MR) is 48.3 cm³/mol. The summed E-state index contributed by atoms with van der Waals surface area (Å²) >= 11 is 1.32. The fraction of sp³-hybridized carbons (Fsp3) is 0.222. The Morgan fingerprint density at radius 2 is 2.42 bits per heavy atom. The van der Waals surface area contributed by atoms with Crippen molar-refractivity contribution in [2.45, 2.75) is 13.0 Å². The van der Waals surface area contributed by atoms with Crippen LogP contribution in [0.1, 0.15) is 21.5 Å². The first-order valence-electron chi connectivity index (χ1n) is 3.47. The second-order valence-electron chi connectivity index (χ2n) is 2.27. The molecule has 0 aliphatic carbocycles. The van der Waals surface area contributed by atoms with Gasteiger partial charge in [0.05, 0.1) is 9.75 Å². The third-order valence-corrected chi connectivity index (χ3v) is 2.07. The maximum atomic E-state index is 10.3. The van der Waals surface area contributed by atoms with E-state index in [1.54, 1.807) is 19.1 Å². The molecule has 0 amide bonds. The quantitative estimate of drug-likeness (QED) is 0.522. The van der Waals surface area contributed by atoms with Crippen molar-refractivity contribution < 1.29 is 9.90 Å². The molecule has 2 nitrogen and oxygen atoms in total. The minimum Gasteiger partial charge on any atom is -0.381 e. The smallest absolute Gasteiger partial charge is 0.160 e. The number of aldehydes is 1. The van der Waals surface area contributed by atoms with E-state index in [0.29, 0.717) is 4.88 Å². The minimum atomic E-state index is -0.619. The lowest BCUT2D eigenvalue weighted by Crippen LogP contribution is -1.91. The summed E-state index contributed by atoms with van der Waals surface area (Å²) in [5.74, 6) is 5.36. The molecule has 62 valence electrons. The zero-order valence-corrected chi connectivity index (χ0v) is 7.39. The monoisotopic (exact) mass is 180 g/mol. The lowest BCUT2D eigenvalue weighted by molar-refractivity contribution is 0.112. The number of carbonyl (C=O) groups is 1. The molecule has 1 heterocycles. The van der Waals surface area contributed by atoms with Crippen molar-refractivity contribution in [3.05, 3.63) is 21.9 Å². The average molecular weight is 180 g/mol. The third-order valence-electron chi connectivity index (χ3n) is 1.15. The summed E-state index contributed by atoms with van der Waals surface area (Å²) in [6, 6.07) is 3.48. The Kier molecular flexibility index (Phi) is 3.03. The summed E-state index contributed by atoms with van der Waals surface area (Å²) < 4.78 is 0. The van der Waals surface area contributed by atoms with Gasteiger partial charge >= 0.3 is 0 Å². The van der Waals surface area contributed by atoms with Crippen LogP contribution in [0.25, 0.3) is 0 Å². The van der Waals surface area contributed by atoms with E-state index < -0.39 is 6.10 Å². The van der Waals surface area contributed by atoms with Crippen LogP contribution in [0.5, 0.6) is 0 Å². The topological polar surface area (TPSA) is 37.3 Å². The van der Waals surface area contributed by atoms with E-state index in [1.165, 1.54) is 11.3 Å². The lowest BCUT2D eigenvalue weighted by atomic mass is 10.4. The van der Waals surface area contributed by atoms with Crippen LogP contribution >= 0.6 is 11.3 Å². The van der Waals surface area contributed by atoms with Crippen molar-refractivity contribution in [1.82, 2.24) is 0 Å². The summed E-state index contributed by atoms with van der Waals surface area (Å²) in [5, 5.41) is 8.84. The Labute approximate surface area is 74.9 Å². The van der Waals surface area contributed by atoms with Gasteiger partial charge in [0.15, 0.2) is 6.29 Å². The van der Waals surface area contributed by atoms with E-state index in [-0.39, 0.29) is 0 Å². The van der Waals surface area contributed by atoms with E-state index in [9.17, 15) is 4.79 Å². The van der Waals surface area contributed by atoms with Crippen LogP contribution in [-0.2, 0) is 0 Å². The van der Waals surface area contributed by atoms with Gasteiger partial charge < -0.3 is 5.11 Å². The summed E-state index contributed by atoms with van der Waals surface area (Å²) in [6.07, 6.45) is 0.171. The maximum absolute atomic E-state index is 10.3. The van der Waals surface area contributed by atoms with Gasteiger partial charge in [-0.2, -0.15) is 0 Å². The van der Waals surface area contributed by atoms with E-state index >= 15 is 0 Å². The zero-order chi connectivity index (χ0) is 8.97. The van der Waals surface area contributed by atoms with Gasteiger partial charge in [0.2, 0.25) is 0 Å². The van der Waals surface area contributed by atoms with Gasteiger partial charge in [-0.15, -0.1) is 11.3 Å². The van der Waals surface area contributed by atoms with Crippen molar-refractivity contribution in [2.75, 3.05) is 0 Å². The lowest BCUT2D eigenvalue weighted by Gasteiger charge is -1.85. The molecular formula is C9H8O2S. The van der Waals surface area contributed by atoms with Gasteiger partial charge in [0.1, 0.15) is 6.10 Å². The molecule has 1 aromatic rings. The second-order valence-corrected chi connectivity index (χ2v) is 3.38. The molecular weight excluding hydrogens is 172 g/mol. The van der Waals surface area contributed by atoms with Crippen molar-refractivity contribution >= 4 is 17.6 Å². The number of thiophene rings is 1. The first-order valence-corrected chi connectivity index (χ1v) is 4.28. The molecule has 1 rings (SSSR count). The largest absolute Gasteiger partial charge is 0.381 e.